The summed E-state index contributed by atoms with van der Waals surface area (Å²) < 4.78 is 21.4. The van der Waals surface area contributed by atoms with Crippen molar-refractivity contribution in [1.82, 2.24) is 4.90 Å². The number of aliphatic hydroxyl groups excluding tert-OH is 2. The van der Waals surface area contributed by atoms with E-state index in [1.54, 1.807) is 0 Å². The van der Waals surface area contributed by atoms with Gasteiger partial charge in [-0.3, -0.25) is 0 Å². The molecule has 0 aromatic rings. The van der Waals surface area contributed by atoms with Gasteiger partial charge in [0.1, 0.15) is 0 Å². The van der Waals surface area contributed by atoms with Crippen LogP contribution < -0.4 is 225 Å². The smallest absolute Gasteiger partial charge is 0.809 e. The summed E-state index contributed by atoms with van der Waals surface area (Å²) in [6.45, 7) is -2.22. The zero-order chi connectivity index (χ0) is 12.5. The molecule has 0 bridgehead atoms. The molecule has 0 unspecified atom stereocenters. The summed E-state index contributed by atoms with van der Waals surface area (Å²) in [6.07, 6.45) is 0. The van der Waals surface area contributed by atoms with Gasteiger partial charge in [0.05, 0.1) is 18.5 Å². The second-order valence-corrected chi connectivity index (χ2v) is 6.87. The third-order valence-electron chi connectivity index (χ3n) is 1.98. The Morgan fingerprint density at radius 3 is 1.16 bits per heavy atom. The van der Waals surface area contributed by atoms with Crippen molar-refractivity contribution < 1.29 is 244 Å². The van der Waals surface area contributed by atoms with Crippen LogP contribution in [0.5, 0.6) is 0 Å². The molecule has 9 nitrogen and oxygen atoms in total. The summed E-state index contributed by atoms with van der Waals surface area (Å²) in [7, 11) is -11.8. The topological polar surface area (TPSA) is 170 Å². The molecule has 0 rings (SSSR count). The summed E-state index contributed by atoms with van der Waals surface area (Å²) in [5.74, 6) is 0. The molecule has 0 aliphatic carbocycles. The molecular formula is C4H9K4NO8P2. The van der Waals surface area contributed by atoms with E-state index in [9.17, 15) is 28.7 Å². The first-order valence-electron chi connectivity index (χ1n) is 3.53. The molecule has 0 spiro atoms. The first-order chi connectivity index (χ1) is 6.52. The fourth-order valence-corrected chi connectivity index (χ4v) is 2.95. The number of nitrogens with zero attached hydrogens (tertiary/aromatic N) is 1. The maximum atomic E-state index is 10.7. The van der Waals surface area contributed by atoms with E-state index in [1.165, 1.54) is 0 Å². The van der Waals surface area contributed by atoms with Gasteiger partial charge in [-0.25, -0.2) is 4.90 Å². The maximum absolute atomic E-state index is 10.7. The van der Waals surface area contributed by atoms with E-state index in [1.807, 2.05) is 0 Å². The molecule has 0 atom stereocenters. The van der Waals surface area contributed by atoms with Crippen molar-refractivity contribution in [2.45, 2.75) is 11.9 Å². The molecule has 0 aromatic heterocycles. The monoisotopic (exact) mass is 417 g/mol. The fraction of sp³-hybridized carbons (Fsp3) is 1.00. The molecule has 0 heterocycles. The quantitative estimate of drug-likeness (QED) is 0.250. The third kappa shape index (κ3) is 10.6. The molecule has 0 aromatic carbocycles. The minimum atomic E-state index is -5.88. The average Bonchev–Trinajstić information content (AvgIpc) is 2.02. The van der Waals surface area contributed by atoms with Crippen LogP contribution >= 0.6 is 15.2 Å². The zero-order valence-corrected chi connectivity index (χ0v) is 25.9. The summed E-state index contributed by atoms with van der Waals surface area (Å²) >= 11 is 0. The summed E-state index contributed by atoms with van der Waals surface area (Å²) in [4.78, 5) is 42.7. The van der Waals surface area contributed by atoms with Gasteiger partial charge in [-0.15, -0.1) is 0 Å². The molecule has 0 amide bonds. The Labute approximate surface area is 281 Å². The van der Waals surface area contributed by atoms with Gasteiger partial charge in [0.25, 0.3) is 0 Å². The Kier molecular flexibility index (Phi) is 30.4. The Balaban J connectivity index is -0.000000163. The first-order valence-corrected chi connectivity index (χ1v) is 6.62. The van der Waals surface area contributed by atoms with Gasteiger partial charge in [-0.2, -0.15) is 0 Å². The van der Waals surface area contributed by atoms with E-state index in [2.05, 4.69) is 0 Å². The molecule has 0 aliphatic rings. The first kappa shape index (κ1) is 36.6. The van der Waals surface area contributed by atoms with Crippen molar-refractivity contribution in [3.63, 3.8) is 0 Å². The normalized spacial score (nSPS) is 11.6. The van der Waals surface area contributed by atoms with Crippen molar-refractivity contribution in [2.75, 3.05) is 13.5 Å². The Bertz CT molecular complexity index is 294. The van der Waals surface area contributed by atoms with Gasteiger partial charge in [0.2, 0.25) is 0 Å². The van der Waals surface area contributed by atoms with Gasteiger partial charge in [0.15, 0.2) is 0 Å². The molecule has 19 heavy (non-hydrogen) atoms. The largest absolute Gasteiger partial charge is 1.00 e. The van der Waals surface area contributed by atoms with Crippen molar-refractivity contribution in [1.29, 1.82) is 0 Å². The van der Waals surface area contributed by atoms with Crippen LogP contribution in [-0.4, -0.2) is 33.6 Å². The minimum absolute atomic E-state index is 0. The van der Waals surface area contributed by atoms with Gasteiger partial charge in [0, 0.05) is 0 Å². The second kappa shape index (κ2) is 15.8. The minimum Gasteiger partial charge on any atom is -0.809 e. The van der Waals surface area contributed by atoms with Gasteiger partial charge >= 0.3 is 206 Å². The molecule has 15 heteroatoms. The molecular weight excluding hydrogens is 408 g/mol. The number of rotatable bonds is 5. The van der Waals surface area contributed by atoms with E-state index in [0.29, 0.717) is 6.92 Å². The van der Waals surface area contributed by atoms with Crippen LogP contribution in [0.2, 0.25) is 0 Å². The standard InChI is InChI=1S/C4H13NO8P2.4K/c1-4(14(8,9)10,15(11,12)13)5(2-6)3-7;;;;/h6-7H,2-3H2,1H3,(H2,8,9,10)(H2,11,12,13);;;;/q;4*+1/p-4. The van der Waals surface area contributed by atoms with Gasteiger partial charge in [-0.1, -0.05) is 0 Å². The Hall–Kier alpha value is 6.73. The van der Waals surface area contributed by atoms with Crippen molar-refractivity contribution in [2.24, 2.45) is 0 Å². The molecule has 2 N–H and O–H groups in total. The molecule has 0 fully saturated rings. The molecule has 0 radical (unpaired) electrons. The maximum Gasteiger partial charge on any atom is 1.00 e. The summed E-state index contributed by atoms with van der Waals surface area (Å²) in [5.41, 5.74) is 0. The third-order valence-corrected chi connectivity index (χ3v) is 6.09. The molecule has 0 saturated heterocycles. The number of hydrogen-bond donors (Lipinski definition) is 2. The number of hydrogen-bond acceptors (Lipinski definition) is 9. The van der Waals surface area contributed by atoms with E-state index in [4.69, 9.17) is 10.2 Å². The molecule has 0 aliphatic heterocycles. The summed E-state index contributed by atoms with van der Waals surface area (Å²) in [6, 6.07) is 0. The van der Waals surface area contributed by atoms with Crippen molar-refractivity contribution >= 4 is 15.2 Å². The van der Waals surface area contributed by atoms with Crippen LogP contribution in [-0.2, 0) is 9.13 Å². The van der Waals surface area contributed by atoms with E-state index >= 15 is 0 Å². The van der Waals surface area contributed by atoms with Crippen LogP contribution in [0, 0.1) is 0 Å². The molecule has 0 saturated carbocycles. The van der Waals surface area contributed by atoms with Crippen molar-refractivity contribution in [3.05, 3.63) is 0 Å². The SMILES string of the molecule is CC(N(CO)CO)(P(=O)([O-])[O-])P(=O)([O-])[O-].[K+].[K+].[K+].[K+]. The van der Waals surface area contributed by atoms with Gasteiger partial charge in [-0.05, 0) is 22.1 Å². The van der Waals surface area contributed by atoms with E-state index < -0.39 is 33.7 Å². The average molecular weight is 417 g/mol. The zero-order valence-electron chi connectivity index (χ0n) is 11.6. The predicted molar refractivity (Wildman–Crippen MR) is 39.6 cm³/mol. The van der Waals surface area contributed by atoms with Crippen LogP contribution in [0.15, 0.2) is 0 Å². The number of aliphatic hydroxyl groups is 2. The van der Waals surface area contributed by atoms with Crippen LogP contribution in [0.3, 0.4) is 0 Å². The van der Waals surface area contributed by atoms with Crippen LogP contribution in [0.4, 0.5) is 0 Å². The Morgan fingerprint density at radius 1 is 0.895 bits per heavy atom. The predicted octanol–water partition coefficient (Wildman–Crippen LogP) is -16.3. The second-order valence-electron chi connectivity index (χ2n) is 2.79. The van der Waals surface area contributed by atoms with E-state index in [0.717, 1.165) is 0 Å². The molecule has 92 valence electrons. The van der Waals surface area contributed by atoms with Crippen LogP contribution in [0.25, 0.3) is 0 Å². The van der Waals surface area contributed by atoms with E-state index in [-0.39, 0.29) is 210 Å². The summed E-state index contributed by atoms with van der Waals surface area (Å²) in [5, 5.41) is 13.7. The van der Waals surface area contributed by atoms with Crippen molar-refractivity contribution in [3.8, 4) is 0 Å². The fourth-order valence-electron chi connectivity index (χ4n) is 0.809. The Morgan fingerprint density at radius 2 is 1.11 bits per heavy atom. The van der Waals surface area contributed by atoms with Crippen LogP contribution in [0.1, 0.15) is 6.92 Å². The van der Waals surface area contributed by atoms with Gasteiger partial charge < -0.3 is 38.9 Å².